The molecule has 0 aliphatic carbocycles. The van der Waals surface area contributed by atoms with Crippen LogP contribution in [0.1, 0.15) is 5.56 Å². The number of halogens is 1. The Morgan fingerprint density at radius 3 is 2.80 bits per heavy atom. The number of sulfonamides is 1. The standard InChI is InChI=1S/C13H12BrNO3S2/c14-12-5-6-13(19-12)20(16,17)15-10-7-9-3-1-2-4-11(9)18-8-10/h1-6,10,15H,7-8H2/t10-/m1/s1. The minimum Gasteiger partial charge on any atom is -0.492 e. The SMILES string of the molecule is O=S(=O)(N[C@H]1COc2ccccc2C1)c1ccc(Br)s1. The molecule has 0 saturated carbocycles. The van der Waals surface area contributed by atoms with Crippen molar-refractivity contribution >= 4 is 37.3 Å². The second-order valence-corrected chi connectivity index (χ2v) is 8.90. The van der Waals surface area contributed by atoms with Crippen molar-refractivity contribution in [2.75, 3.05) is 6.61 Å². The Morgan fingerprint density at radius 1 is 1.25 bits per heavy atom. The van der Waals surface area contributed by atoms with Crippen molar-refractivity contribution in [1.82, 2.24) is 4.72 Å². The van der Waals surface area contributed by atoms with E-state index in [-0.39, 0.29) is 6.04 Å². The van der Waals surface area contributed by atoms with Crippen LogP contribution in [0.4, 0.5) is 0 Å². The molecule has 0 bridgehead atoms. The number of nitrogens with one attached hydrogen (secondary N) is 1. The average Bonchev–Trinajstić information content (AvgIpc) is 2.86. The lowest BCUT2D eigenvalue weighted by atomic mass is 10.0. The van der Waals surface area contributed by atoms with Gasteiger partial charge in [-0.05, 0) is 46.1 Å². The zero-order valence-electron chi connectivity index (χ0n) is 10.4. The number of thiophene rings is 1. The molecule has 106 valence electrons. The van der Waals surface area contributed by atoms with Crippen LogP contribution in [0.2, 0.25) is 0 Å². The summed E-state index contributed by atoms with van der Waals surface area (Å²) in [5, 5.41) is 0. The highest BCUT2D eigenvalue weighted by atomic mass is 79.9. The van der Waals surface area contributed by atoms with Gasteiger partial charge in [0.1, 0.15) is 16.6 Å². The average molecular weight is 374 g/mol. The molecule has 0 radical (unpaired) electrons. The van der Waals surface area contributed by atoms with E-state index in [0.29, 0.717) is 17.2 Å². The van der Waals surface area contributed by atoms with Gasteiger partial charge in [-0.2, -0.15) is 0 Å². The maximum atomic E-state index is 12.2. The minimum atomic E-state index is -3.48. The summed E-state index contributed by atoms with van der Waals surface area (Å²) >= 11 is 4.47. The van der Waals surface area contributed by atoms with Crippen LogP contribution in [0.5, 0.6) is 5.75 Å². The topological polar surface area (TPSA) is 55.4 Å². The highest BCUT2D eigenvalue weighted by molar-refractivity contribution is 9.11. The van der Waals surface area contributed by atoms with E-state index >= 15 is 0 Å². The number of benzene rings is 1. The molecule has 7 heteroatoms. The highest BCUT2D eigenvalue weighted by Crippen LogP contribution is 2.28. The maximum Gasteiger partial charge on any atom is 0.250 e. The summed E-state index contributed by atoms with van der Waals surface area (Å²) in [6, 6.07) is 10.8. The van der Waals surface area contributed by atoms with Crippen molar-refractivity contribution in [3.05, 3.63) is 45.7 Å². The molecule has 0 saturated heterocycles. The molecule has 20 heavy (non-hydrogen) atoms. The fourth-order valence-corrected chi connectivity index (χ4v) is 5.37. The second kappa shape index (κ2) is 5.48. The van der Waals surface area contributed by atoms with E-state index in [2.05, 4.69) is 20.7 Å². The van der Waals surface area contributed by atoms with E-state index in [1.165, 1.54) is 11.3 Å². The Morgan fingerprint density at radius 2 is 2.05 bits per heavy atom. The molecule has 0 spiro atoms. The summed E-state index contributed by atoms with van der Waals surface area (Å²) in [5.41, 5.74) is 1.03. The molecule has 0 amide bonds. The third kappa shape index (κ3) is 2.90. The molecule has 2 heterocycles. The van der Waals surface area contributed by atoms with Gasteiger partial charge >= 0.3 is 0 Å². The number of para-hydroxylation sites is 1. The third-order valence-corrected chi connectivity index (χ3v) is 6.65. The summed E-state index contributed by atoms with van der Waals surface area (Å²) in [4.78, 5) is 0. The van der Waals surface area contributed by atoms with Crippen LogP contribution < -0.4 is 9.46 Å². The van der Waals surface area contributed by atoms with Crippen LogP contribution >= 0.6 is 27.3 Å². The molecule has 1 aliphatic heterocycles. The molecule has 2 aromatic rings. The van der Waals surface area contributed by atoms with Gasteiger partial charge in [0.15, 0.2) is 0 Å². The molecular formula is C13H12BrNO3S2. The third-order valence-electron chi connectivity index (χ3n) is 3.01. The van der Waals surface area contributed by atoms with Crippen molar-refractivity contribution in [2.45, 2.75) is 16.7 Å². The van der Waals surface area contributed by atoms with Gasteiger partial charge in [0.05, 0.1) is 9.83 Å². The summed E-state index contributed by atoms with van der Waals surface area (Å²) in [5.74, 6) is 0.835. The summed E-state index contributed by atoms with van der Waals surface area (Å²) in [7, 11) is -3.48. The van der Waals surface area contributed by atoms with Crippen LogP contribution in [0.15, 0.2) is 44.4 Å². The molecule has 0 unspecified atom stereocenters. The van der Waals surface area contributed by atoms with E-state index in [1.54, 1.807) is 12.1 Å². The first-order chi connectivity index (χ1) is 9.54. The molecule has 1 N–H and O–H groups in total. The predicted molar refractivity (Wildman–Crippen MR) is 81.8 cm³/mol. The smallest absolute Gasteiger partial charge is 0.250 e. The van der Waals surface area contributed by atoms with Gasteiger partial charge < -0.3 is 4.74 Å². The maximum absolute atomic E-state index is 12.2. The predicted octanol–water partition coefficient (Wildman–Crippen LogP) is 2.79. The van der Waals surface area contributed by atoms with Gasteiger partial charge in [0.2, 0.25) is 10.0 Å². The normalized spacial score (nSPS) is 18.4. The van der Waals surface area contributed by atoms with Crippen molar-refractivity contribution < 1.29 is 13.2 Å². The van der Waals surface area contributed by atoms with Crippen molar-refractivity contribution in [2.24, 2.45) is 0 Å². The van der Waals surface area contributed by atoms with Crippen molar-refractivity contribution in [3.8, 4) is 5.75 Å². The Kier molecular flexibility index (Phi) is 3.85. The van der Waals surface area contributed by atoms with Crippen LogP contribution in [0, 0.1) is 0 Å². The monoisotopic (exact) mass is 373 g/mol. The molecule has 4 nitrogen and oxygen atoms in total. The fraction of sp³-hybridized carbons (Fsp3) is 0.231. The van der Waals surface area contributed by atoms with E-state index in [1.807, 2.05) is 24.3 Å². The summed E-state index contributed by atoms with van der Waals surface area (Å²) in [6.07, 6.45) is 0.641. The highest BCUT2D eigenvalue weighted by Gasteiger charge is 2.26. The van der Waals surface area contributed by atoms with Gasteiger partial charge in [0, 0.05) is 0 Å². The second-order valence-electron chi connectivity index (χ2n) is 4.50. The molecular weight excluding hydrogens is 362 g/mol. The van der Waals surface area contributed by atoms with Crippen molar-refractivity contribution in [1.29, 1.82) is 0 Å². The van der Waals surface area contributed by atoms with Gasteiger partial charge in [-0.1, -0.05) is 18.2 Å². The Bertz CT molecular complexity index is 727. The first-order valence-electron chi connectivity index (χ1n) is 6.03. The Balaban J connectivity index is 1.77. The van der Waals surface area contributed by atoms with E-state index < -0.39 is 10.0 Å². The number of rotatable bonds is 3. The lowest BCUT2D eigenvalue weighted by molar-refractivity contribution is 0.254. The molecule has 3 rings (SSSR count). The fourth-order valence-electron chi connectivity index (χ4n) is 2.12. The molecule has 1 aromatic carbocycles. The van der Waals surface area contributed by atoms with Crippen LogP contribution in [-0.4, -0.2) is 21.1 Å². The van der Waals surface area contributed by atoms with E-state index in [4.69, 9.17) is 4.74 Å². The molecule has 1 aliphatic rings. The van der Waals surface area contributed by atoms with Crippen LogP contribution in [0.25, 0.3) is 0 Å². The van der Waals surface area contributed by atoms with Crippen LogP contribution in [-0.2, 0) is 16.4 Å². The quantitative estimate of drug-likeness (QED) is 0.899. The number of hydrogen-bond acceptors (Lipinski definition) is 4. The molecule has 1 aromatic heterocycles. The summed E-state index contributed by atoms with van der Waals surface area (Å²) in [6.45, 7) is 0.350. The lowest BCUT2D eigenvalue weighted by Crippen LogP contribution is -2.42. The van der Waals surface area contributed by atoms with Gasteiger partial charge in [-0.15, -0.1) is 11.3 Å². The molecule has 0 fully saturated rings. The zero-order valence-corrected chi connectivity index (χ0v) is 13.6. The number of ether oxygens (including phenoxy) is 1. The Labute approximate surface area is 130 Å². The van der Waals surface area contributed by atoms with E-state index in [9.17, 15) is 8.42 Å². The largest absolute Gasteiger partial charge is 0.492 e. The number of fused-ring (bicyclic) bond motifs is 1. The van der Waals surface area contributed by atoms with E-state index in [0.717, 1.165) is 15.1 Å². The number of hydrogen-bond donors (Lipinski definition) is 1. The van der Waals surface area contributed by atoms with Gasteiger partial charge in [-0.25, -0.2) is 13.1 Å². The van der Waals surface area contributed by atoms with Gasteiger partial charge in [-0.3, -0.25) is 0 Å². The van der Waals surface area contributed by atoms with Crippen molar-refractivity contribution in [3.63, 3.8) is 0 Å². The Hall–Kier alpha value is -0.890. The minimum absolute atomic E-state index is 0.240. The van der Waals surface area contributed by atoms with Gasteiger partial charge in [0.25, 0.3) is 0 Å². The first kappa shape index (κ1) is 14.1. The van der Waals surface area contributed by atoms with Crippen LogP contribution in [0.3, 0.4) is 0 Å². The zero-order chi connectivity index (χ0) is 14.2. The summed E-state index contributed by atoms with van der Waals surface area (Å²) < 4.78 is 33.9. The first-order valence-corrected chi connectivity index (χ1v) is 9.12. The molecule has 1 atom stereocenters. The lowest BCUT2D eigenvalue weighted by Gasteiger charge is -2.25.